The molecule has 1 fully saturated rings. The number of carbonyl (C=O) groups excluding carboxylic acids is 1. The van der Waals surface area contributed by atoms with Crippen LogP contribution >= 0.6 is 0 Å². The van der Waals surface area contributed by atoms with Gasteiger partial charge in [-0.2, -0.15) is 0 Å². The van der Waals surface area contributed by atoms with Crippen LogP contribution < -0.4 is 10.6 Å². The molecular formula is C12H16N2O3. The molecule has 2 rings (SSSR count). The van der Waals surface area contributed by atoms with Gasteiger partial charge in [0.15, 0.2) is 5.78 Å². The number of nitrogens with two attached hydrogens (primary N) is 1. The van der Waals surface area contributed by atoms with Gasteiger partial charge in [0, 0.05) is 30.0 Å². The monoisotopic (exact) mass is 236 g/mol. The van der Waals surface area contributed by atoms with Gasteiger partial charge >= 0.3 is 0 Å². The Morgan fingerprint density at radius 3 is 2.47 bits per heavy atom. The highest BCUT2D eigenvalue weighted by molar-refractivity contribution is 6.00. The average molecular weight is 236 g/mol. The molecule has 1 aromatic rings. The van der Waals surface area contributed by atoms with Crippen LogP contribution in [0.25, 0.3) is 0 Å². The Labute approximate surface area is 99.5 Å². The maximum absolute atomic E-state index is 11.4. The van der Waals surface area contributed by atoms with Gasteiger partial charge in [-0.1, -0.05) is 0 Å². The van der Waals surface area contributed by atoms with E-state index in [-0.39, 0.29) is 5.78 Å². The van der Waals surface area contributed by atoms with Crippen molar-refractivity contribution in [1.82, 2.24) is 0 Å². The number of benzene rings is 1. The first-order valence-corrected chi connectivity index (χ1v) is 5.50. The highest BCUT2D eigenvalue weighted by Gasteiger charge is 2.29. The van der Waals surface area contributed by atoms with Gasteiger partial charge in [0.1, 0.15) is 0 Å². The summed E-state index contributed by atoms with van der Waals surface area (Å²) in [5, 5.41) is 19.0. The highest BCUT2D eigenvalue weighted by atomic mass is 16.3. The maximum Gasteiger partial charge on any atom is 0.161 e. The fourth-order valence-electron chi connectivity index (χ4n) is 2.03. The normalized spacial score (nSPS) is 24.1. The third-order valence-corrected chi connectivity index (χ3v) is 3.04. The third-order valence-electron chi connectivity index (χ3n) is 3.04. The van der Waals surface area contributed by atoms with Crippen molar-refractivity contribution in [2.45, 2.75) is 19.1 Å². The van der Waals surface area contributed by atoms with Crippen molar-refractivity contribution in [3.8, 4) is 0 Å². The summed E-state index contributed by atoms with van der Waals surface area (Å²) < 4.78 is 0. The first-order valence-electron chi connectivity index (χ1n) is 5.50. The lowest BCUT2D eigenvalue weighted by Gasteiger charge is -2.18. The van der Waals surface area contributed by atoms with Crippen LogP contribution in [0.15, 0.2) is 18.2 Å². The Kier molecular flexibility index (Phi) is 3.04. The summed E-state index contributed by atoms with van der Waals surface area (Å²) in [6.07, 6.45) is -1.48. The van der Waals surface area contributed by atoms with Gasteiger partial charge in [0.25, 0.3) is 0 Å². The van der Waals surface area contributed by atoms with Crippen molar-refractivity contribution in [2.75, 3.05) is 23.7 Å². The van der Waals surface area contributed by atoms with Crippen LogP contribution in [0.4, 0.5) is 11.4 Å². The molecule has 0 amide bonds. The minimum atomic E-state index is -0.742. The minimum Gasteiger partial charge on any atom is -0.398 e. The van der Waals surface area contributed by atoms with Crippen LogP contribution in [0.2, 0.25) is 0 Å². The fourth-order valence-corrected chi connectivity index (χ4v) is 2.03. The van der Waals surface area contributed by atoms with Gasteiger partial charge in [-0.05, 0) is 25.1 Å². The Balaban J connectivity index is 2.28. The summed E-state index contributed by atoms with van der Waals surface area (Å²) in [7, 11) is 0. The third kappa shape index (κ3) is 2.25. The molecule has 92 valence electrons. The molecule has 1 saturated heterocycles. The smallest absolute Gasteiger partial charge is 0.161 e. The SMILES string of the molecule is CC(=O)c1cc(N2CC(O)C(O)C2)ccc1N. The van der Waals surface area contributed by atoms with Gasteiger partial charge < -0.3 is 20.8 Å². The number of aliphatic hydroxyl groups is 2. The van der Waals surface area contributed by atoms with Gasteiger partial charge in [-0.3, -0.25) is 4.79 Å². The van der Waals surface area contributed by atoms with Crippen molar-refractivity contribution in [3.05, 3.63) is 23.8 Å². The largest absolute Gasteiger partial charge is 0.398 e. The molecular weight excluding hydrogens is 220 g/mol. The van der Waals surface area contributed by atoms with E-state index in [9.17, 15) is 15.0 Å². The number of ketones is 1. The average Bonchev–Trinajstić information content (AvgIpc) is 2.59. The van der Waals surface area contributed by atoms with Gasteiger partial charge in [0.2, 0.25) is 0 Å². The van der Waals surface area contributed by atoms with Crippen LogP contribution in [0.3, 0.4) is 0 Å². The van der Waals surface area contributed by atoms with E-state index in [2.05, 4.69) is 0 Å². The molecule has 0 saturated carbocycles. The lowest BCUT2D eigenvalue weighted by atomic mass is 10.1. The molecule has 2 atom stereocenters. The van der Waals surface area contributed by atoms with Crippen LogP contribution in [0.5, 0.6) is 0 Å². The standard InChI is InChI=1S/C12H16N2O3/c1-7(15)9-4-8(2-3-10(9)13)14-5-11(16)12(17)6-14/h2-4,11-12,16-17H,5-6,13H2,1H3. The molecule has 0 spiro atoms. The summed E-state index contributed by atoms with van der Waals surface area (Å²) in [6, 6.07) is 5.15. The van der Waals surface area contributed by atoms with E-state index < -0.39 is 12.2 Å². The van der Waals surface area contributed by atoms with Crippen molar-refractivity contribution < 1.29 is 15.0 Å². The number of aliphatic hydroxyl groups excluding tert-OH is 2. The number of hydrogen-bond donors (Lipinski definition) is 3. The summed E-state index contributed by atoms with van der Waals surface area (Å²) in [5.74, 6) is -0.0929. The Bertz CT molecular complexity index is 437. The fraction of sp³-hybridized carbons (Fsp3) is 0.417. The Hall–Kier alpha value is -1.59. The lowest BCUT2D eigenvalue weighted by molar-refractivity contribution is 0.0572. The number of rotatable bonds is 2. The molecule has 5 nitrogen and oxygen atoms in total. The van der Waals surface area contributed by atoms with Crippen molar-refractivity contribution in [3.63, 3.8) is 0 Å². The van der Waals surface area contributed by atoms with E-state index >= 15 is 0 Å². The molecule has 0 aliphatic carbocycles. The van der Waals surface area contributed by atoms with Gasteiger partial charge in [0.05, 0.1) is 12.2 Å². The first-order chi connectivity index (χ1) is 7.99. The molecule has 1 aromatic carbocycles. The number of anilines is 2. The maximum atomic E-state index is 11.4. The van der Waals surface area contributed by atoms with Crippen LogP contribution in [-0.2, 0) is 0 Å². The Morgan fingerprint density at radius 1 is 1.35 bits per heavy atom. The number of Topliss-reactive ketones (excluding diaryl/α,β-unsaturated/α-hetero) is 1. The second-order valence-electron chi connectivity index (χ2n) is 4.37. The first kappa shape index (κ1) is 11.9. The van der Waals surface area contributed by atoms with Gasteiger partial charge in [-0.25, -0.2) is 0 Å². The van der Waals surface area contributed by atoms with Crippen LogP contribution in [0.1, 0.15) is 17.3 Å². The quantitative estimate of drug-likeness (QED) is 0.497. The molecule has 0 radical (unpaired) electrons. The van der Waals surface area contributed by atoms with Crippen molar-refractivity contribution >= 4 is 17.2 Å². The second kappa shape index (κ2) is 4.35. The zero-order valence-electron chi connectivity index (χ0n) is 9.63. The van der Waals surface area contributed by atoms with E-state index in [1.807, 2.05) is 4.90 Å². The molecule has 17 heavy (non-hydrogen) atoms. The van der Waals surface area contributed by atoms with E-state index in [1.54, 1.807) is 18.2 Å². The molecule has 1 aliphatic rings. The molecule has 5 heteroatoms. The molecule has 0 aromatic heterocycles. The van der Waals surface area contributed by atoms with Crippen LogP contribution in [0, 0.1) is 0 Å². The van der Waals surface area contributed by atoms with E-state index in [0.29, 0.717) is 24.3 Å². The second-order valence-corrected chi connectivity index (χ2v) is 4.37. The molecule has 4 N–H and O–H groups in total. The predicted molar refractivity (Wildman–Crippen MR) is 65.1 cm³/mol. The molecule has 1 aliphatic heterocycles. The van der Waals surface area contributed by atoms with Crippen molar-refractivity contribution in [2.24, 2.45) is 0 Å². The number of β-amino-alcohol motifs (C(OH)–C–C–N with tert-alkyl or cyclic N) is 2. The topological polar surface area (TPSA) is 86.8 Å². The van der Waals surface area contributed by atoms with E-state index in [4.69, 9.17) is 5.73 Å². The van der Waals surface area contributed by atoms with Gasteiger partial charge in [-0.15, -0.1) is 0 Å². The summed E-state index contributed by atoms with van der Waals surface area (Å²) in [4.78, 5) is 13.2. The van der Waals surface area contributed by atoms with Crippen LogP contribution in [-0.4, -0.2) is 41.3 Å². The predicted octanol–water partition coefficient (Wildman–Crippen LogP) is 0.0132. The molecule has 1 heterocycles. The number of carbonyl (C=O) groups is 1. The molecule has 2 unspecified atom stereocenters. The summed E-state index contributed by atoms with van der Waals surface area (Å²) in [6.45, 7) is 2.19. The zero-order chi connectivity index (χ0) is 12.6. The lowest BCUT2D eigenvalue weighted by Crippen LogP contribution is -2.22. The van der Waals surface area contributed by atoms with E-state index in [1.165, 1.54) is 6.92 Å². The number of hydrogen-bond acceptors (Lipinski definition) is 5. The summed E-state index contributed by atoms with van der Waals surface area (Å²) >= 11 is 0. The van der Waals surface area contributed by atoms with E-state index in [0.717, 1.165) is 5.69 Å². The zero-order valence-corrected chi connectivity index (χ0v) is 9.63. The van der Waals surface area contributed by atoms with Crippen molar-refractivity contribution in [1.29, 1.82) is 0 Å². The number of nitrogens with zero attached hydrogens (tertiary/aromatic N) is 1. The minimum absolute atomic E-state index is 0.0929. The molecule has 0 bridgehead atoms. The highest BCUT2D eigenvalue weighted by Crippen LogP contribution is 2.25. The summed E-state index contributed by atoms with van der Waals surface area (Å²) in [5.41, 5.74) is 7.41. The Morgan fingerprint density at radius 2 is 1.94 bits per heavy atom. The number of nitrogen functional groups attached to an aromatic ring is 1.